The summed E-state index contributed by atoms with van der Waals surface area (Å²) in [6.45, 7) is 0. The number of allylic oxidation sites excluding steroid dienone is 55. The summed E-state index contributed by atoms with van der Waals surface area (Å²) in [5.74, 6) is 0. The van der Waals surface area contributed by atoms with Crippen LogP contribution in [0.2, 0.25) is 0 Å². The minimum Gasteiger partial charge on any atom is -0.0798 e. The van der Waals surface area contributed by atoms with Crippen molar-refractivity contribution in [1.82, 2.24) is 0 Å². The second kappa shape index (κ2) is 33.0. The zero-order valence-corrected chi connectivity index (χ0v) is 84.1. The van der Waals surface area contributed by atoms with Gasteiger partial charge in [-0.25, -0.2) is 0 Å². The molecule has 0 amide bonds. The van der Waals surface area contributed by atoms with E-state index in [-0.39, 0.29) is 0 Å². The highest BCUT2D eigenvalue weighted by Crippen LogP contribution is 2.64. The predicted octanol–water partition coefficient (Wildman–Crippen LogP) is 37.1. The lowest BCUT2D eigenvalue weighted by Gasteiger charge is -2.10. The summed E-state index contributed by atoms with van der Waals surface area (Å²) in [6.07, 6.45) is 79.9. The standard InChI is InChI=1S/C21H14.2C20H14.2C18H14.3C17H14/c1-2-6-16-14(4-1)8-10-20-18(16)12-13-19-17-7-3-5-15(17)9-11-21(19)20;1-2-6-14-12-19-16(9-13(14)5-1)11-17-10-15-7-3-4-8-18(15)20(17)19;1-2-5-15-11-19-16(10-14(15)4-1)12-20-17-7-3-6-13(17)8-9-18(19)20;1-2-6-15-11(4-1)8-13-10-16-14-7-3-5-12(14)9-17(16)18(13)15;1-2-6-13-11(4-1)8-15-16-9-12-5-3-7-14(12)18(16)10-17(13)15;3*1-4-11-8-16-15(13(11)5-1)9-12-7-10-3-2-6-14(10)17(12)16/h1-6,8-13H,7H2;1-9,12H,10-11H2;1-5,7-11H,6,12H2;1-4,6-7H,5,8-10H2;1-6H,7-10H2;1-3,5H,4,6-9H2;2*1-4H,5-9H2. The highest BCUT2D eigenvalue weighted by atomic mass is 14.5. The monoisotopic (exact) mass is 1890 g/mol. The Morgan fingerprint density at radius 3 is 1.14 bits per heavy atom. The van der Waals surface area contributed by atoms with Crippen LogP contribution in [0.25, 0.3) is 93.9 Å². The van der Waals surface area contributed by atoms with Gasteiger partial charge in [-0.15, -0.1) is 0 Å². The molecule has 28 aliphatic rings. The smallest absolute Gasteiger partial charge is 0.000718 e. The zero-order chi connectivity index (χ0) is 96.3. The number of benzene rings is 12. The van der Waals surface area contributed by atoms with Crippen molar-refractivity contribution in [1.29, 1.82) is 0 Å². The molecule has 12 aromatic rings. The quantitative estimate of drug-likeness (QED) is 0.133. The Balaban J connectivity index is 0.0000000737. The van der Waals surface area contributed by atoms with E-state index in [1.54, 1.807) is 206 Å². The Kier molecular flexibility index (Phi) is 18.8. The van der Waals surface area contributed by atoms with Crippen molar-refractivity contribution < 1.29 is 0 Å². The van der Waals surface area contributed by atoms with Crippen molar-refractivity contribution in [2.45, 2.75) is 180 Å². The van der Waals surface area contributed by atoms with E-state index >= 15 is 0 Å². The summed E-state index contributed by atoms with van der Waals surface area (Å²) in [5, 5.41) is 13.6. The van der Waals surface area contributed by atoms with Crippen LogP contribution in [0.1, 0.15) is 213 Å². The fourth-order valence-corrected chi connectivity index (χ4v) is 32.1. The average molecular weight is 1890 g/mol. The molecule has 0 radical (unpaired) electrons. The van der Waals surface area contributed by atoms with Gasteiger partial charge in [0.25, 0.3) is 0 Å². The molecular weight excluding hydrogens is 1780 g/mol. The molecule has 0 spiro atoms. The Morgan fingerprint density at radius 2 is 0.541 bits per heavy atom. The van der Waals surface area contributed by atoms with Gasteiger partial charge in [-0.2, -0.15) is 0 Å². The summed E-state index contributed by atoms with van der Waals surface area (Å²) in [7, 11) is 0. The number of hydrogen-bond donors (Lipinski definition) is 0. The van der Waals surface area contributed by atoms with Crippen molar-refractivity contribution in [3.63, 3.8) is 0 Å². The first kappa shape index (κ1) is 84.6. The second-order valence-corrected chi connectivity index (χ2v) is 46.0. The zero-order valence-electron chi connectivity index (χ0n) is 84.1. The van der Waals surface area contributed by atoms with Crippen molar-refractivity contribution in [3.05, 3.63) is 601 Å². The van der Waals surface area contributed by atoms with Gasteiger partial charge in [0.15, 0.2) is 0 Å². The fraction of sp³-hybridized carbons (Fsp3) is 0.189. The molecule has 0 saturated carbocycles. The van der Waals surface area contributed by atoms with Gasteiger partial charge in [-0.1, -0.05) is 367 Å². The lowest BCUT2D eigenvalue weighted by Crippen LogP contribution is -1.92. The summed E-state index contributed by atoms with van der Waals surface area (Å²) in [4.78, 5) is 0. The third-order valence-electron chi connectivity index (χ3n) is 38.5. The van der Waals surface area contributed by atoms with Gasteiger partial charge in [-0.3, -0.25) is 0 Å². The molecule has 0 aromatic heterocycles. The lowest BCUT2D eigenvalue weighted by atomic mass is 9.93. The van der Waals surface area contributed by atoms with Crippen LogP contribution >= 0.6 is 0 Å². The summed E-state index contributed by atoms with van der Waals surface area (Å²) < 4.78 is 0. The van der Waals surface area contributed by atoms with Gasteiger partial charge in [0.2, 0.25) is 0 Å². The maximum Gasteiger partial charge on any atom is -0.000718 e. The molecule has 0 aliphatic heterocycles. The van der Waals surface area contributed by atoms with Crippen LogP contribution in [0, 0.1) is 0 Å². The summed E-state index contributed by atoms with van der Waals surface area (Å²) >= 11 is 0. The predicted molar refractivity (Wildman–Crippen MR) is 617 cm³/mol. The third kappa shape index (κ3) is 13.0. The number of hydrogen-bond acceptors (Lipinski definition) is 0. The first-order chi connectivity index (χ1) is 73.3. The fourth-order valence-electron chi connectivity index (χ4n) is 32.1. The SMILES string of the molecule is C1=CC2=C(C1)C1=C(C2)C2=C(C1)c1ccccc1C2.C1=CC2=C(C1)C1=C(C2)C2=C(CC3=C2CC=C3)C1.C1=CC2=C(C1)C1=C(C2)C2=C(CC3=C2CC=C3)C1.C1=CC2=C(C1)CC1=C2CC2=C1C1=C(C=CC1)C2.C1=CC2=C(C1)CC1=C2CC2=C1c1ccccc1C2.C1=Cc2c(ccc3c2Cc2cc4ccccc4cc2-3)C1.C1=Cc2ccc3c(ccc4c5ccccc5ccc34)c2C1.c1ccc2c(c1)CC1=C2c2cc3ccccc3cc2C1. The molecule has 0 atom stereocenters. The van der Waals surface area contributed by atoms with E-state index in [1.165, 1.54) is 296 Å². The minimum atomic E-state index is 1.06. The van der Waals surface area contributed by atoms with E-state index in [4.69, 9.17) is 0 Å². The van der Waals surface area contributed by atoms with E-state index in [0.29, 0.717) is 0 Å². The highest BCUT2D eigenvalue weighted by molar-refractivity contribution is 6.18. The molecule has 40 rings (SSSR count). The van der Waals surface area contributed by atoms with Crippen molar-refractivity contribution in [2.75, 3.05) is 0 Å². The molecule has 0 bridgehead atoms. The van der Waals surface area contributed by atoms with Gasteiger partial charge < -0.3 is 0 Å². The van der Waals surface area contributed by atoms with E-state index in [0.717, 1.165) is 32.1 Å². The van der Waals surface area contributed by atoms with Crippen molar-refractivity contribution in [2.24, 2.45) is 0 Å². The maximum atomic E-state index is 2.38. The maximum absolute atomic E-state index is 2.38. The molecule has 0 heteroatoms. The van der Waals surface area contributed by atoms with Crippen LogP contribution in [0.4, 0.5) is 0 Å². The van der Waals surface area contributed by atoms with Gasteiger partial charge >= 0.3 is 0 Å². The second-order valence-electron chi connectivity index (χ2n) is 46.0. The molecule has 148 heavy (non-hydrogen) atoms. The van der Waals surface area contributed by atoms with Gasteiger partial charge in [0.1, 0.15) is 0 Å². The molecule has 0 heterocycles. The summed E-state index contributed by atoms with van der Waals surface area (Å²) in [5.41, 5.74) is 86.7. The molecule has 0 saturated heterocycles. The normalized spacial score (nSPS) is 21.1. The lowest BCUT2D eigenvalue weighted by molar-refractivity contribution is 1.05. The van der Waals surface area contributed by atoms with Crippen LogP contribution in [0.5, 0.6) is 0 Å². The molecule has 0 fully saturated rings. The molecule has 28 aliphatic carbocycles. The van der Waals surface area contributed by atoms with Crippen LogP contribution in [0.15, 0.2) is 523 Å². The van der Waals surface area contributed by atoms with Gasteiger partial charge in [0.05, 0.1) is 0 Å². The average Bonchev–Trinajstić information content (AvgIpc) is 1.58. The molecular formula is C148H112. The van der Waals surface area contributed by atoms with E-state index in [2.05, 4.69) is 340 Å². The number of fused-ring (bicyclic) bond motifs is 35. The van der Waals surface area contributed by atoms with Gasteiger partial charge in [0, 0.05) is 0 Å². The van der Waals surface area contributed by atoms with E-state index < -0.39 is 0 Å². The Morgan fingerprint density at radius 1 is 0.149 bits per heavy atom. The van der Waals surface area contributed by atoms with E-state index in [9.17, 15) is 0 Å². The van der Waals surface area contributed by atoms with Crippen LogP contribution in [-0.2, 0) is 44.9 Å². The topological polar surface area (TPSA) is 0 Å². The largest absolute Gasteiger partial charge is 0.0798 e. The Bertz CT molecular complexity index is 9380. The van der Waals surface area contributed by atoms with Crippen molar-refractivity contribution >= 4 is 82.7 Å². The minimum absolute atomic E-state index is 1.06. The first-order valence-corrected chi connectivity index (χ1v) is 55.5. The van der Waals surface area contributed by atoms with Gasteiger partial charge in [-0.05, 0) is 508 Å². The first-order valence-electron chi connectivity index (χ1n) is 55.5. The summed E-state index contributed by atoms with van der Waals surface area (Å²) in [6, 6.07) is 80.5. The molecule has 0 nitrogen and oxygen atoms in total. The Hall–Kier alpha value is -15.6. The van der Waals surface area contributed by atoms with E-state index in [1.807, 2.05) is 0 Å². The van der Waals surface area contributed by atoms with Crippen LogP contribution in [-0.4, -0.2) is 0 Å². The molecule has 12 aromatic carbocycles. The highest BCUT2D eigenvalue weighted by Gasteiger charge is 2.45. The third-order valence-corrected chi connectivity index (χ3v) is 38.5. The van der Waals surface area contributed by atoms with Crippen LogP contribution < -0.4 is 0 Å². The van der Waals surface area contributed by atoms with Crippen molar-refractivity contribution in [3.8, 4) is 11.1 Å². The Labute approximate surface area is 867 Å². The molecule has 704 valence electrons. The number of rotatable bonds is 0. The molecule has 0 unspecified atom stereocenters. The van der Waals surface area contributed by atoms with Crippen LogP contribution in [0.3, 0.4) is 0 Å². The molecule has 0 N–H and O–H groups in total.